The van der Waals surface area contributed by atoms with E-state index in [4.69, 9.17) is 38.5 Å². The number of amides is 1. The van der Waals surface area contributed by atoms with Crippen molar-refractivity contribution in [1.82, 2.24) is 0 Å². The minimum Gasteiger partial charge on any atom is -0.468 e. The Hall–Kier alpha value is -2.82. The van der Waals surface area contributed by atoms with E-state index >= 15 is 0 Å². The average Bonchev–Trinajstić information content (AvgIpc) is 3.20. The third-order valence-corrected chi connectivity index (χ3v) is 5.34. The lowest BCUT2D eigenvalue weighted by Crippen LogP contribution is -2.42. The van der Waals surface area contributed by atoms with Gasteiger partial charge in [0.2, 0.25) is 0 Å². The fourth-order valence-corrected chi connectivity index (χ4v) is 3.83. The quantitative estimate of drug-likeness (QED) is 0.465. The maximum absolute atomic E-state index is 14.2. The number of hydrogen-bond acceptors (Lipinski definition) is 5. The Morgan fingerprint density at radius 2 is 1.88 bits per heavy atom. The number of amidine groups is 1. The zero-order valence-corrected chi connectivity index (χ0v) is 18.9. The summed E-state index contributed by atoms with van der Waals surface area (Å²) in [4.78, 5) is 21.0. The molecular formula is C21H18Cl2F3N3O4. The van der Waals surface area contributed by atoms with E-state index in [1.54, 1.807) is 0 Å². The highest BCUT2D eigenvalue weighted by atomic mass is 35.5. The maximum Gasteiger partial charge on any atom is 0.435 e. The van der Waals surface area contributed by atoms with E-state index in [0.717, 1.165) is 12.1 Å². The first-order chi connectivity index (χ1) is 15.5. The monoisotopic (exact) mass is 503 g/mol. The lowest BCUT2D eigenvalue weighted by atomic mass is 9.86. The van der Waals surface area contributed by atoms with Crippen LogP contribution in [0.25, 0.3) is 0 Å². The number of nitrogens with two attached hydrogens (primary N) is 1. The average molecular weight is 504 g/mol. The van der Waals surface area contributed by atoms with Crippen LogP contribution in [0.5, 0.6) is 0 Å². The Balaban J connectivity index is 2.00. The van der Waals surface area contributed by atoms with Gasteiger partial charge in [0.05, 0.1) is 19.4 Å². The number of carbonyl (C=O) groups excluding carboxylic acids is 1. The molecule has 2 aromatic rings. The van der Waals surface area contributed by atoms with Crippen LogP contribution in [-0.2, 0) is 26.5 Å². The van der Waals surface area contributed by atoms with Crippen molar-refractivity contribution < 1.29 is 32.3 Å². The van der Waals surface area contributed by atoms with Crippen LogP contribution in [0.3, 0.4) is 0 Å². The van der Waals surface area contributed by atoms with E-state index in [1.165, 1.54) is 38.5 Å². The number of oxime groups is 1. The summed E-state index contributed by atoms with van der Waals surface area (Å²) < 4.78 is 52.4. The topological polar surface area (TPSA) is 95.5 Å². The van der Waals surface area contributed by atoms with Gasteiger partial charge in [-0.25, -0.2) is 0 Å². The molecule has 7 nitrogen and oxygen atoms in total. The molecule has 12 heteroatoms. The number of ether oxygens (including phenoxy) is 2. The Morgan fingerprint density at radius 1 is 1.21 bits per heavy atom. The number of halogens is 5. The molecule has 0 saturated carbocycles. The van der Waals surface area contributed by atoms with Gasteiger partial charge in [-0.3, -0.25) is 4.79 Å². The third kappa shape index (κ3) is 5.07. The normalized spacial score (nSPS) is 18.6. The molecule has 1 aliphatic rings. The van der Waals surface area contributed by atoms with Gasteiger partial charge in [-0.2, -0.15) is 18.2 Å². The van der Waals surface area contributed by atoms with Crippen LogP contribution in [0.2, 0.25) is 10.0 Å². The van der Waals surface area contributed by atoms with Crippen LogP contribution in [0, 0.1) is 0 Å². The highest BCUT2D eigenvalue weighted by Crippen LogP contribution is 2.49. The van der Waals surface area contributed by atoms with Gasteiger partial charge < -0.3 is 20.0 Å². The molecule has 1 atom stereocenters. The van der Waals surface area contributed by atoms with E-state index in [2.05, 4.69) is 14.9 Å². The third-order valence-electron chi connectivity index (χ3n) is 4.90. The Morgan fingerprint density at radius 3 is 2.45 bits per heavy atom. The Labute approximate surface area is 196 Å². The number of benzene rings is 2. The molecule has 2 N–H and O–H groups in total. The highest BCUT2D eigenvalue weighted by molar-refractivity contribution is 6.34. The first-order valence-corrected chi connectivity index (χ1v) is 10.1. The molecule has 0 aliphatic carbocycles. The van der Waals surface area contributed by atoms with Gasteiger partial charge in [-0.1, -0.05) is 34.4 Å². The van der Waals surface area contributed by atoms with Gasteiger partial charge >= 0.3 is 6.18 Å². The lowest BCUT2D eigenvalue weighted by Gasteiger charge is -2.29. The van der Waals surface area contributed by atoms with Crippen LogP contribution in [0.15, 0.2) is 46.5 Å². The van der Waals surface area contributed by atoms with Gasteiger partial charge in [-0.15, -0.1) is 0 Å². The first-order valence-electron chi connectivity index (χ1n) is 9.34. The first kappa shape index (κ1) is 24.8. The second-order valence-electron chi connectivity index (χ2n) is 7.05. The number of rotatable bonds is 5. The SMILES string of the molecule is COCc1cc(C2=NOC(c3cc(Cl)cc(Cl)c3)(C(F)(F)F)C2)ccc1C(=O)N=C(N)OC. The van der Waals surface area contributed by atoms with E-state index in [0.29, 0.717) is 11.1 Å². The summed E-state index contributed by atoms with van der Waals surface area (Å²) >= 11 is 11.8. The van der Waals surface area contributed by atoms with Crippen LogP contribution in [-0.4, -0.2) is 38.0 Å². The van der Waals surface area contributed by atoms with Gasteiger partial charge in [0.25, 0.3) is 17.5 Å². The van der Waals surface area contributed by atoms with Crippen molar-refractivity contribution in [2.24, 2.45) is 15.9 Å². The number of aliphatic imine (C=N–C) groups is 1. The summed E-state index contributed by atoms with van der Waals surface area (Å²) in [5.41, 5.74) is 3.20. The van der Waals surface area contributed by atoms with Crippen LogP contribution in [0.1, 0.15) is 33.5 Å². The molecule has 176 valence electrons. The predicted octanol–water partition coefficient (Wildman–Crippen LogP) is 4.82. The molecule has 3 rings (SSSR count). The molecule has 1 aliphatic heterocycles. The Bertz CT molecular complexity index is 1120. The van der Waals surface area contributed by atoms with Crippen molar-refractivity contribution >= 4 is 40.8 Å². The van der Waals surface area contributed by atoms with Crippen molar-refractivity contribution in [3.05, 3.63) is 68.7 Å². The predicted molar refractivity (Wildman–Crippen MR) is 117 cm³/mol. The molecule has 0 aromatic heterocycles. The molecule has 1 heterocycles. The molecule has 33 heavy (non-hydrogen) atoms. The zero-order valence-electron chi connectivity index (χ0n) is 17.4. The van der Waals surface area contributed by atoms with Crippen molar-refractivity contribution in [3.8, 4) is 0 Å². The number of hydrogen-bond donors (Lipinski definition) is 1. The largest absolute Gasteiger partial charge is 0.468 e. The second-order valence-corrected chi connectivity index (χ2v) is 7.93. The highest BCUT2D eigenvalue weighted by Gasteiger charge is 2.62. The van der Waals surface area contributed by atoms with E-state index in [9.17, 15) is 18.0 Å². The lowest BCUT2D eigenvalue weighted by molar-refractivity contribution is -0.275. The van der Waals surface area contributed by atoms with Gasteiger partial charge in [0, 0.05) is 34.7 Å². The van der Waals surface area contributed by atoms with Gasteiger partial charge in [0.15, 0.2) is 0 Å². The molecule has 1 amide bonds. The summed E-state index contributed by atoms with van der Waals surface area (Å²) in [7, 11) is 2.66. The fraction of sp³-hybridized carbons (Fsp3) is 0.286. The molecule has 0 fully saturated rings. The van der Waals surface area contributed by atoms with Crippen LogP contribution in [0.4, 0.5) is 13.2 Å². The summed E-state index contributed by atoms with van der Waals surface area (Å²) in [6.45, 7) is -0.0141. The minimum atomic E-state index is -4.83. The molecule has 0 spiro atoms. The molecule has 0 radical (unpaired) electrons. The minimum absolute atomic E-state index is 0.0136. The van der Waals surface area contributed by atoms with Crippen LogP contribution < -0.4 is 5.73 Å². The summed E-state index contributed by atoms with van der Waals surface area (Å²) in [6, 6.07) is 7.56. The smallest absolute Gasteiger partial charge is 0.435 e. The number of nitrogens with zero attached hydrogens (tertiary/aromatic N) is 2. The second kappa shape index (κ2) is 9.58. The van der Waals surface area contributed by atoms with Crippen molar-refractivity contribution in [2.45, 2.75) is 24.8 Å². The molecule has 1 unspecified atom stereocenters. The van der Waals surface area contributed by atoms with E-state index in [1.807, 2.05) is 0 Å². The van der Waals surface area contributed by atoms with Crippen LogP contribution >= 0.6 is 23.2 Å². The maximum atomic E-state index is 14.2. The molecular weight excluding hydrogens is 486 g/mol. The Kier molecular flexibility index (Phi) is 7.20. The molecule has 2 aromatic carbocycles. The van der Waals surface area contributed by atoms with E-state index < -0.39 is 24.1 Å². The van der Waals surface area contributed by atoms with Crippen molar-refractivity contribution in [2.75, 3.05) is 14.2 Å². The summed E-state index contributed by atoms with van der Waals surface area (Å²) in [6.07, 6.45) is -5.47. The summed E-state index contributed by atoms with van der Waals surface area (Å²) in [5.74, 6) is -0.698. The molecule has 0 bridgehead atoms. The van der Waals surface area contributed by atoms with Gasteiger partial charge in [-0.05, 0) is 41.5 Å². The fourth-order valence-electron chi connectivity index (χ4n) is 3.31. The number of carbonyl (C=O) groups is 1. The van der Waals surface area contributed by atoms with E-state index in [-0.39, 0.29) is 39.5 Å². The van der Waals surface area contributed by atoms with Crippen molar-refractivity contribution in [3.63, 3.8) is 0 Å². The number of methoxy groups -OCH3 is 2. The zero-order chi connectivity index (χ0) is 24.4. The molecule has 0 saturated heterocycles. The summed E-state index contributed by atoms with van der Waals surface area (Å²) in [5, 5.41) is 3.77. The van der Waals surface area contributed by atoms with Crippen molar-refractivity contribution in [1.29, 1.82) is 0 Å². The van der Waals surface area contributed by atoms with Gasteiger partial charge in [0.1, 0.15) is 0 Å². The standard InChI is InChI=1S/C21H18Cl2F3N3O4/c1-31-10-12-5-11(3-4-16(12)18(30)28-19(27)32-2)17-9-20(33-29-17,21(24,25)26)13-6-14(22)8-15(23)7-13/h3-8H,9-10H2,1-2H3,(H2,27,28,30). The number of alkyl halides is 3.